The van der Waals surface area contributed by atoms with E-state index >= 15 is 0 Å². The van der Waals surface area contributed by atoms with Crippen molar-refractivity contribution in [3.8, 4) is 11.3 Å². The van der Waals surface area contributed by atoms with E-state index in [1.54, 1.807) is 0 Å². The van der Waals surface area contributed by atoms with Crippen molar-refractivity contribution in [2.75, 3.05) is 0 Å². The first-order valence-corrected chi connectivity index (χ1v) is 12.6. The molecule has 0 radical (unpaired) electrons. The van der Waals surface area contributed by atoms with Gasteiger partial charge < -0.3 is 0 Å². The molecule has 0 aliphatic heterocycles. The minimum absolute atomic E-state index is 0.0368. The summed E-state index contributed by atoms with van der Waals surface area (Å²) in [4.78, 5) is 22.1. The van der Waals surface area contributed by atoms with Gasteiger partial charge in [-0.3, -0.25) is 14.8 Å². The average Bonchev–Trinajstić information content (AvgIpc) is 2.80. The van der Waals surface area contributed by atoms with Crippen molar-refractivity contribution in [1.82, 2.24) is 9.97 Å². The van der Waals surface area contributed by atoms with Gasteiger partial charge in [0.25, 0.3) is 0 Å². The van der Waals surface area contributed by atoms with Crippen LogP contribution in [0.2, 0.25) is 0 Å². The molecule has 0 N–H and O–H groups in total. The molecule has 0 saturated heterocycles. The Bertz CT molecular complexity index is 754. The van der Waals surface area contributed by atoms with Crippen LogP contribution >= 0.6 is 0 Å². The van der Waals surface area contributed by atoms with Gasteiger partial charge in [-0.2, -0.15) is 0 Å². The highest BCUT2D eigenvalue weighted by Gasteiger charge is 2.18. The molecule has 0 spiro atoms. The molecule has 2 rings (SSSR count). The molecule has 2 aromatic rings. The second-order valence-electron chi connectivity index (χ2n) is 8.92. The number of ketones is 1. The largest absolute Gasteiger partial charge is 0.294 e. The van der Waals surface area contributed by atoms with Crippen LogP contribution in [0.4, 0.5) is 0 Å². The maximum Gasteiger partial charge on any atom is 0.166 e. The molecular formula is C28H42N2O. The van der Waals surface area contributed by atoms with Crippen LogP contribution in [0.1, 0.15) is 114 Å². The minimum atomic E-state index is 0.0368. The van der Waals surface area contributed by atoms with Crippen molar-refractivity contribution in [1.29, 1.82) is 0 Å². The molecule has 1 heterocycles. The molecule has 31 heavy (non-hydrogen) atoms. The summed E-state index contributed by atoms with van der Waals surface area (Å²) >= 11 is 0. The number of carbonyl (C=O) groups excluding carboxylic acids is 1. The van der Waals surface area contributed by atoms with Crippen LogP contribution in [0.3, 0.4) is 0 Å². The van der Waals surface area contributed by atoms with E-state index in [1.807, 2.05) is 43.6 Å². The lowest BCUT2D eigenvalue weighted by molar-refractivity contribution is 0.0924. The van der Waals surface area contributed by atoms with E-state index in [9.17, 15) is 4.79 Å². The fourth-order valence-corrected chi connectivity index (χ4v) is 4.17. The number of hydrogen-bond donors (Lipinski definition) is 0. The Morgan fingerprint density at radius 2 is 1.45 bits per heavy atom. The normalized spacial score (nSPS) is 12.1. The van der Waals surface area contributed by atoms with E-state index in [4.69, 9.17) is 0 Å². The molecule has 0 fully saturated rings. The highest BCUT2D eigenvalue weighted by Crippen LogP contribution is 2.25. The lowest BCUT2D eigenvalue weighted by Gasteiger charge is -2.13. The van der Waals surface area contributed by atoms with Crippen LogP contribution in [-0.2, 0) is 6.42 Å². The van der Waals surface area contributed by atoms with Gasteiger partial charge in [0, 0.05) is 23.2 Å². The summed E-state index contributed by atoms with van der Waals surface area (Å²) in [6.07, 6.45) is 20.1. The molecule has 1 aromatic heterocycles. The van der Waals surface area contributed by atoms with Gasteiger partial charge in [0.1, 0.15) is 0 Å². The maximum atomic E-state index is 12.9. The number of benzene rings is 1. The van der Waals surface area contributed by atoms with Gasteiger partial charge in [0.2, 0.25) is 0 Å². The van der Waals surface area contributed by atoms with Gasteiger partial charge in [-0.1, -0.05) is 109 Å². The first kappa shape index (κ1) is 25.2. The number of Topliss-reactive ketones (excluding diaryl/α,β-unsaturated/α-hetero) is 1. The zero-order valence-electron chi connectivity index (χ0n) is 20.0. The number of carbonyl (C=O) groups is 1. The summed E-state index contributed by atoms with van der Waals surface area (Å²) in [5.41, 5.74) is 3.50. The summed E-state index contributed by atoms with van der Waals surface area (Å²) < 4.78 is 0. The smallest absolute Gasteiger partial charge is 0.166 e. The Balaban J connectivity index is 1.79. The predicted octanol–water partition coefficient (Wildman–Crippen LogP) is 8.23. The van der Waals surface area contributed by atoms with Gasteiger partial charge in [-0.05, 0) is 19.3 Å². The molecule has 3 heteroatoms. The van der Waals surface area contributed by atoms with Crippen molar-refractivity contribution >= 4 is 5.78 Å². The molecule has 0 aliphatic carbocycles. The third-order valence-electron chi connectivity index (χ3n) is 6.13. The molecule has 0 saturated carbocycles. The first-order chi connectivity index (χ1) is 15.2. The summed E-state index contributed by atoms with van der Waals surface area (Å²) in [5.74, 6) is 0.239. The Morgan fingerprint density at radius 1 is 0.806 bits per heavy atom. The van der Waals surface area contributed by atoms with Crippen molar-refractivity contribution in [3.05, 3.63) is 47.9 Å². The third-order valence-corrected chi connectivity index (χ3v) is 6.13. The van der Waals surface area contributed by atoms with Gasteiger partial charge in [0.15, 0.2) is 5.78 Å². The van der Waals surface area contributed by atoms with E-state index in [0.717, 1.165) is 41.8 Å². The zero-order valence-corrected chi connectivity index (χ0v) is 20.0. The lowest BCUT2D eigenvalue weighted by atomic mass is 9.91. The number of unbranched alkanes of at least 4 members (excludes halogenated alkanes) is 9. The van der Waals surface area contributed by atoms with Crippen molar-refractivity contribution in [3.63, 3.8) is 0 Å². The summed E-state index contributed by atoms with van der Waals surface area (Å²) in [7, 11) is 0. The number of aromatic nitrogens is 2. The zero-order chi connectivity index (χ0) is 22.3. The van der Waals surface area contributed by atoms with E-state index in [1.165, 1.54) is 64.2 Å². The second kappa shape index (κ2) is 14.9. The van der Waals surface area contributed by atoms with Crippen LogP contribution < -0.4 is 0 Å². The van der Waals surface area contributed by atoms with Gasteiger partial charge in [0.05, 0.1) is 17.6 Å². The van der Waals surface area contributed by atoms with Gasteiger partial charge in [-0.25, -0.2) is 0 Å². The van der Waals surface area contributed by atoms with Crippen LogP contribution in [0.15, 0.2) is 36.7 Å². The molecule has 0 amide bonds. The van der Waals surface area contributed by atoms with Gasteiger partial charge in [-0.15, -0.1) is 0 Å². The maximum absolute atomic E-state index is 12.9. The van der Waals surface area contributed by atoms with Gasteiger partial charge >= 0.3 is 0 Å². The average molecular weight is 423 g/mol. The Kier molecular flexibility index (Phi) is 12.1. The van der Waals surface area contributed by atoms with Crippen LogP contribution in [0, 0.1) is 5.92 Å². The summed E-state index contributed by atoms with van der Waals surface area (Å²) in [5, 5.41) is 0. The Labute approximate surface area is 190 Å². The molecule has 0 aliphatic rings. The van der Waals surface area contributed by atoms with Crippen LogP contribution in [-0.4, -0.2) is 15.8 Å². The van der Waals surface area contributed by atoms with E-state index in [2.05, 4.69) is 23.8 Å². The standard InChI is InChI=1S/C28H42N2O/c1-4-6-7-8-9-10-11-12-13-14-18-24-21-30-27(22-29-24)25-19-15-16-20-26(25)28(31)23(3)17-5-2/h15-16,19-23H,4-14,17-18H2,1-3H3. The quantitative estimate of drug-likeness (QED) is 0.202. The molecule has 1 unspecified atom stereocenters. The topological polar surface area (TPSA) is 42.9 Å². The minimum Gasteiger partial charge on any atom is -0.294 e. The first-order valence-electron chi connectivity index (χ1n) is 12.6. The van der Waals surface area contributed by atoms with Crippen LogP contribution in [0.25, 0.3) is 11.3 Å². The molecule has 170 valence electrons. The van der Waals surface area contributed by atoms with E-state index < -0.39 is 0 Å². The Morgan fingerprint density at radius 3 is 2.06 bits per heavy atom. The fourth-order valence-electron chi connectivity index (χ4n) is 4.17. The fraction of sp³-hybridized carbons (Fsp3) is 0.607. The SMILES string of the molecule is CCCCCCCCCCCCc1cnc(-c2ccccc2C(=O)C(C)CCC)cn1. The highest BCUT2D eigenvalue weighted by molar-refractivity contribution is 6.03. The van der Waals surface area contributed by atoms with Crippen molar-refractivity contribution in [2.45, 2.75) is 104 Å². The van der Waals surface area contributed by atoms with E-state index in [0.29, 0.717) is 0 Å². The van der Waals surface area contributed by atoms with Crippen LogP contribution in [0.5, 0.6) is 0 Å². The summed E-state index contributed by atoms with van der Waals surface area (Å²) in [6, 6.07) is 7.81. The van der Waals surface area contributed by atoms with Crippen molar-refractivity contribution in [2.24, 2.45) is 5.92 Å². The number of rotatable bonds is 16. The third kappa shape index (κ3) is 8.93. The molecule has 1 aromatic carbocycles. The summed E-state index contributed by atoms with van der Waals surface area (Å²) in [6.45, 7) is 6.41. The van der Waals surface area contributed by atoms with Crippen molar-refractivity contribution < 1.29 is 4.79 Å². The molecular weight excluding hydrogens is 380 g/mol. The lowest BCUT2D eigenvalue weighted by Crippen LogP contribution is -2.12. The molecule has 0 bridgehead atoms. The number of aryl methyl sites for hydroxylation is 1. The second-order valence-corrected chi connectivity index (χ2v) is 8.92. The molecule has 3 nitrogen and oxygen atoms in total. The monoisotopic (exact) mass is 422 g/mol. The highest BCUT2D eigenvalue weighted by atomic mass is 16.1. The Hall–Kier alpha value is -2.03. The molecule has 1 atom stereocenters. The predicted molar refractivity (Wildman–Crippen MR) is 131 cm³/mol. The number of nitrogens with zero attached hydrogens (tertiary/aromatic N) is 2. The van der Waals surface area contributed by atoms with E-state index in [-0.39, 0.29) is 11.7 Å². The number of hydrogen-bond acceptors (Lipinski definition) is 3.